The van der Waals surface area contributed by atoms with Crippen molar-refractivity contribution in [2.45, 2.75) is 32.0 Å². The first-order valence-corrected chi connectivity index (χ1v) is 10.1. The predicted octanol–water partition coefficient (Wildman–Crippen LogP) is 4.36. The zero-order valence-corrected chi connectivity index (χ0v) is 16.8. The SMILES string of the molecule is O=c1[nH]ncc2[nH]c(-c3ccc(OC(F)F)c(OC4CC4)c3)c(Cc3cccc(O)c3)c12. The van der Waals surface area contributed by atoms with Crippen LogP contribution in [0.4, 0.5) is 8.78 Å². The molecule has 2 heterocycles. The number of hydrogen-bond donors (Lipinski definition) is 3. The number of H-pyrrole nitrogens is 2. The summed E-state index contributed by atoms with van der Waals surface area (Å²) in [6.07, 6.45) is 3.56. The second-order valence-electron chi connectivity index (χ2n) is 7.67. The van der Waals surface area contributed by atoms with Gasteiger partial charge in [-0.3, -0.25) is 4.79 Å². The quantitative estimate of drug-likeness (QED) is 0.397. The minimum absolute atomic E-state index is 0.0215. The Morgan fingerprint density at radius 2 is 2.00 bits per heavy atom. The van der Waals surface area contributed by atoms with Crippen molar-refractivity contribution in [3.05, 3.63) is 70.1 Å². The van der Waals surface area contributed by atoms with E-state index in [1.807, 2.05) is 6.07 Å². The highest BCUT2D eigenvalue weighted by atomic mass is 19.3. The molecule has 9 heteroatoms. The van der Waals surface area contributed by atoms with Crippen molar-refractivity contribution in [3.8, 4) is 28.5 Å². The van der Waals surface area contributed by atoms with Crippen molar-refractivity contribution in [3.63, 3.8) is 0 Å². The summed E-state index contributed by atoms with van der Waals surface area (Å²) in [5.74, 6) is 0.299. The molecule has 4 aromatic rings. The molecule has 0 saturated heterocycles. The molecule has 1 aliphatic carbocycles. The summed E-state index contributed by atoms with van der Waals surface area (Å²) in [4.78, 5) is 15.8. The van der Waals surface area contributed by atoms with Crippen molar-refractivity contribution >= 4 is 10.9 Å². The molecule has 2 aromatic heterocycles. The average molecular weight is 439 g/mol. The van der Waals surface area contributed by atoms with Gasteiger partial charge in [-0.15, -0.1) is 0 Å². The molecule has 5 rings (SSSR count). The van der Waals surface area contributed by atoms with Crippen molar-refractivity contribution in [1.29, 1.82) is 0 Å². The number of aromatic hydroxyl groups is 1. The number of nitrogens with zero attached hydrogens (tertiary/aromatic N) is 1. The Morgan fingerprint density at radius 1 is 1.16 bits per heavy atom. The number of halogens is 2. The van der Waals surface area contributed by atoms with E-state index in [-0.39, 0.29) is 28.9 Å². The topological polar surface area (TPSA) is 100 Å². The van der Waals surface area contributed by atoms with Gasteiger partial charge in [0.25, 0.3) is 5.56 Å². The van der Waals surface area contributed by atoms with Crippen LogP contribution in [-0.2, 0) is 6.42 Å². The molecular formula is C23H19F2N3O4. The molecule has 0 spiro atoms. The number of aromatic nitrogens is 3. The lowest BCUT2D eigenvalue weighted by Gasteiger charge is -2.14. The van der Waals surface area contributed by atoms with Gasteiger partial charge in [0.1, 0.15) is 5.75 Å². The van der Waals surface area contributed by atoms with E-state index < -0.39 is 6.61 Å². The van der Waals surface area contributed by atoms with Crippen LogP contribution in [0, 0.1) is 0 Å². The highest BCUT2D eigenvalue weighted by Gasteiger charge is 2.26. The van der Waals surface area contributed by atoms with E-state index in [9.17, 15) is 18.7 Å². The summed E-state index contributed by atoms with van der Waals surface area (Å²) >= 11 is 0. The van der Waals surface area contributed by atoms with Crippen LogP contribution in [0.5, 0.6) is 17.2 Å². The highest BCUT2D eigenvalue weighted by molar-refractivity contribution is 5.90. The highest BCUT2D eigenvalue weighted by Crippen LogP contribution is 2.39. The summed E-state index contributed by atoms with van der Waals surface area (Å²) in [7, 11) is 0. The van der Waals surface area contributed by atoms with E-state index in [0.717, 1.165) is 18.4 Å². The van der Waals surface area contributed by atoms with Crippen LogP contribution in [0.1, 0.15) is 24.0 Å². The Morgan fingerprint density at radius 3 is 2.75 bits per heavy atom. The van der Waals surface area contributed by atoms with Gasteiger partial charge in [0.2, 0.25) is 0 Å². The molecule has 32 heavy (non-hydrogen) atoms. The third-order valence-electron chi connectivity index (χ3n) is 5.28. The summed E-state index contributed by atoms with van der Waals surface area (Å²) in [5, 5.41) is 16.6. The molecule has 164 valence electrons. The molecule has 0 aliphatic heterocycles. The molecule has 0 atom stereocenters. The Bertz CT molecular complexity index is 1340. The number of alkyl halides is 2. The summed E-state index contributed by atoms with van der Waals surface area (Å²) in [5.41, 5.74) is 2.95. The molecule has 1 saturated carbocycles. The fraction of sp³-hybridized carbons (Fsp3) is 0.217. The van der Waals surface area contributed by atoms with Gasteiger partial charge in [-0.05, 0) is 54.3 Å². The van der Waals surface area contributed by atoms with E-state index in [0.29, 0.717) is 34.1 Å². The normalized spacial score (nSPS) is 13.6. The van der Waals surface area contributed by atoms with E-state index >= 15 is 0 Å². The summed E-state index contributed by atoms with van der Waals surface area (Å²) in [6.45, 7) is -2.97. The largest absolute Gasteiger partial charge is 0.508 e. The number of phenols is 1. The van der Waals surface area contributed by atoms with Gasteiger partial charge in [-0.25, -0.2) is 5.10 Å². The van der Waals surface area contributed by atoms with Gasteiger partial charge >= 0.3 is 6.61 Å². The third-order valence-corrected chi connectivity index (χ3v) is 5.28. The predicted molar refractivity (Wildman–Crippen MR) is 113 cm³/mol. The average Bonchev–Trinajstić information content (AvgIpc) is 3.49. The van der Waals surface area contributed by atoms with Crippen LogP contribution >= 0.6 is 0 Å². The van der Waals surface area contributed by atoms with Gasteiger partial charge in [-0.2, -0.15) is 13.9 Å². The molecular weight excluding hydrogens is 420 g/mol. The van der Waals surface area contributed by atoms with Crippen LogP contribution in [0.15, 0.2) is 53.5 Å². The summed E-state index contributed by atoms with van der Waals surface area (Å²) in [6, 6.07) is 11.5. The maximum atomic E-state index is 12.9. The minimum atomic E-state index is -2.97. The first kappa shape index (κ1) is 20.0. The maximum absolute atomic E-state index is 12.9. The van der Waals surface area contributed by atoms with Gasteiger partial charge in [0.15, 0.2) is 11.5 Å². The standard InChI is InChI=1S/C23H19F2N3O4/c24-23(25)32-18-7-4-13(10-19(18)31-15-5-6-15)21-16(9-12-2-1-3-14(29)8-12)20-17(27-21)11-26-28-22(20)30/h1-4,7-8,10-11,15,23,27,29H,5-6,9H2,(H,28,30). The van der Waals surface area contributed by atoms with Crippen LogP contribution in [-0.4, -0.2) is 33.0 Å². The molecule has 3 N–H and O–H groups in total. The van der Waals surface area contributed by atoms with E-state index in [1.165, 1.54) is 12.3 Å². The van der Waals surface area contributed by atoms with Crippen LogP contribution in [0.2, 0.25) is 0 Å². The van der Waals surface area contributed by atoms with Crippen molar-refractivity contribution in [2.75, 3.05) is 0 Å². The van der Waals surface area contributed by atoms with Crippen molar-refractivity contribution < 1.29 is 23.4 Å². The lowest BCUT2D eigenvalue weighted by Crippen LogP contribution is -2.08. The second kappa shape index (κ2) is 7.99. The zero-order chi connectivity index (χ0) is 22.2. The number of nitrogens with one attached hydrogen (secondary N) is 2. The Balaban J connectivity index is 1.65. The van der Waals surface area contributed by atoms with E-state index in [1.54, 1.807) is 30.3 Å². The number of benzene rings is 2. The Kier molecular flexibility index (Phi) is 5.01. The summed E-state index contributed by atoms with van der Waals surface area (Å²) < 4.78 is 36.1. The molecule has 0 unspecified atom stereocenters. The maximum Gasteiger partial charge on any atom is 0.387 e. The monoisotopic (exact) mass is 439 g/mol. The number of ether oxygens (including phenoxy) is 2. The van der Waals surface area contributed by atoms with E-state index in [2.05, 4.69) is 19.9 Å². The van der Waals surface area contributed by atoms with Gasteiger partial charge < -0.3 is 19.6 Å². The van der Waals surface area contributed by atoms with Crippen molar-refractivity contribution in [2.24, 2.45) is 0 Å². The molecule has 0 bridgehead atoms. The van der Waals surface area contributed by atoms with E-state index in [4.69, 9.17) is 4.74 Å². The first-order valence-electron chi connectivity index (χ1n) is 10.1. The van der Waals surface area contributed by atoms with Gasteiger partial charge in [0.05, 0.1) is 28.9 Å². The number of aromatic amines is 2. The Hall–Kier alpha value is -3.88. The molecule has 7 nitrogen and oxygen atoms in total. The number of phenolic OH excluding ortho intramolecular Hbond substituents is 1. The smallest absolute Gasteiger partial charge is 0.387 e. The molecule has 0 radical (unpaired) electrons. The van der Waals surface area contributed by atoms with Gasteiger partial charge in [-0.1, -0.05) is 12.1 Å². The number of hydrogen-bond acceptors (Lipinski definition) is 5. The number of fused-ring (bicyclic) bond motifs is 1. The molecule has 1 fully saturated rings. The fourth-order valence-corrected chi connectivity index (χ4v) is 3.74. The Labute approximate surface area is 180 Å². The zero-order valence-electron chi connectivity index (χ0n) is 16.8. The van der Waals surface area contributed by atoms with Crippen molar-refractivity contribution in [1.82, 2.24) is 15.2 Å². The number of rotatable bonds is 7. The minimum Gasteiger partial charge on any atom is -0.508 e. The van der Waals surface area contributed by atoms with Crippen LogP contribution < -0.4 is 15.0 Å². The molecule has 0 amide bonds. The van der Waals surface area contributed by atoms with Crippen LogP contribution in [0.3, 0.4) is 0 Å². The first-order chi connectivity index (χ1) is 15.5. The van der Waals surface area contributed by atoms with Gasteiger partial charge in [0, 0.05) is 12.0 Å². The molecule has 1 aliphatic rings. The van der Waals surface area contributed by atoms with Crippen LogP contribution in [0.25, 0.3) is 22.2 Å². The lowest BCUT2D eigenvalue weighted by molar-refractivity contribution is -0.0516. The third kappa shape index (κ3) is 4.01. The molecule has 2 aromatic carbocycles. The fourth-order valence-electron chi connectivity index (χ4n) is 3.74. The lowest BCUT2D eigenvalue weighted by atomic mass is 9.99. The second-order valence-corrected chi connectivity index (χ2v) is 7.67.